The molecule has 1 heterocycles. The van der Waals surface area contributed by atoms with Gasteiger partial charge >= 0.3 is 0 Å². The highest BCUT2D eigenvalue weighted by atomic mass is 35.5. The fraction of sp³-hybridized carbons (Fsp3) is 0.533. The molecule has 0 aromatic heterocycles. The van der Waals surface area contributed by atoms with Gasteiger partial charge in [0.25, 0.3) is 0 Å². The maximum absolute atomic E-state index is 11.9. The molecular formula is C15H20ClNO2. The van der Waals surface area contributed by atoms with Crippen LogP contribution in [0.2, 0.25) is 5.02 Å². The van der Waals surface area contributed by atoms with Crippen molar-refractivity contribution in [1.29, 1.82) is 0 Å². The van der Waals surface area contributed by atoms with E-state index < -0.39 is 6.10 Å². The van der Waals surface area contributed by atoms with Crippen molar-refractivity contribution in [3.63, 3.8) is 0 Å². The SMILES string of the molecule is CCCC(O)c1cc2c(c(C)c1Cl)NC(=O)C2CC. The second kappa shape index (κ2) is 5.51. The van der Waals surface area contributed by atoms with Gasteiger partial charge < -0.3 is 10.4 Å². The van der Waals surface area contributed by atoms with E-state index in [-0.39, 0.29) is 11.8 Å². The maximum atomic E-state index is 11.9. The van der Waals surface area contributed by atoms with Crippen LogP contribution in [0.25, 0.3) is 0 Å². The van der Waals surface area contributed by atoms with Gasteiger partial charge in [0.1, 0.15) is 0 Å². The number of amides is 1. The normalized spacial score (nSPS) is 19.2. The van der Waals surface area contributed by atoms with Crippen LogP contribution in [0.15, 0.2) is 6.07 Å². The van der Waals surface area contributed by atoms with Gasteiger partial charge in [-0.25, -0.2) is 0 Å². The largest absolute Gasteiger partial charge is 0.388 e. The summed E-state index contributed by atoms with van der Waals surface area (Å²) in [6.45, 7) is 5.91. The van der Waals surface area contributed by atoms with Crippen LogP contribution in [-0.4, -0.2) is 11.0 Å². The van der Waals surface area contributed by atoms with Gasteiger partial charge in [-0.15, -0.1) is 0 Å². The first kappa shape index (κ1) is 14.4. The van der Waals surface area contributed by atoms with Crippen molar-refractivity contribution < 1.29 is 9.90 Å². The number of fused-ring (bicyclic) bond motifs is 1. The number of carbonyl (C=O) groups is 1. The van der Waals surface area contributed by atoms with E-state index in [2.05, 4.69) is 5.32 Å². The highest BCUT2D eigenvalue weighted by Crippen LogP contribution is 2.43. The van der Waals surface area contributed by atoms with Crippen LogP contribution in [0.4, 0.5) is 5.69 Å². The van der Waals surface area contributed by atoms with E-state index in [0.29, 0.717) is 11.4 Å². The van der Waals surface area contributed by atoms with E-state index in [1.165, 1.54) is 0 Å². The molecule has 1 aromatic rings. The zero-order chi connectivity index (χ0) is 14.2. The average Bonchev–Trinajstić information content (AvgIpc) is 2.70. The molecule has 2 unspecified atom stereocenters. The molecule has 1 aliphatic heterocycles. The minimum absolute atomic E-state index is 0.0267. The Morgan fingerprint density at radius 3 is 2.74 bits per heavy atom. The average molecular weight is 282 g/mol. The Kier molecular flexibility index (Phi) is 4.16. The first-order valence-corrected chi connectivity index (χ1v) is 7.20. The first-order valence-electron chi connectivity index (χ1n) is 6.83. The minimum Gasteiger partial charge on any atom is -0.388 e. The number of hydrogen-bond acceptors (Lipinski definition) is 2. The Labute approximate surface area is 119 Å². The Balaban J connectivity index is 2.53. The number of halogens is 1. The quantitative estimate of drug-likeness (QED) is 0.878. The molecule has 2 N–H and O–H groups in total. The molecule has 19 heavy (non-hydrogen) atoms. The number of nitrogens with one attached hydrogen (secondary N) is 1. The second-order valence-electron chi connectivity index (χ2n) is 5.12. The van der Waals surface area contributed by atoms with Crippen molar-refractivity contribution in [2.75, 3.05) is 5.32 Å². The summed E-state index contributed by atoms with van der Waals surface area (Å²) in [5, 5.41) is 13.7. The third-order valence-corrected chi connectivity index (χ3v) is 4.33. The van der Waals surface area contributed by atoms with Crippen molar-refractivity contribution in [1.82, 2.24) is 0 Å². The molecule has 0 saturated carbocycles. The summed E-state index contributed by atoms with van der Waals surface area (Å²) in [6, 6.07) is 1.90. The van der Waals surface area contributed by atoms with Gasteiger partial charge in [0, 0.05) is 5.69 Å². The lowest BCUT2D eigenvalue weighted by molar-refractivity contribution is -0.117. The number of aliphatic hydroxyl groups excluding tert-OH is 1. The molecule has 1 aliphatic rings. The number of aliphatic hydroxyl groups is 1. The number of rotatable bonds is 4. The van der Waals surface area contributed by atoms with Gasteiger partial charge in [-0.1, -0.05) is 31.9 Å². The summed E-state index contributed by atoms with van der Waals surface area (Å²) in [5.41, 5.74) is 3.40. The highest BCUT2D eigenvalue weighted by molar-refractivity contribution is 6.33. The Morgan fingerprint density at radius 1 is 1.47 bits per heavy atom. The Morgan fingerprint density at radius 2 is 2.16 bits per heavy atom. The minimum atomic E-state index is -0.560. The molecule has 1 amide bonds. The van der Waals surface area contributed by atoms with Crippen LogP contribution >= 0.6 is 11.6 Å². The van der Waals surface area contributed by atoms with E-state index in [4.69, 9.17) is 11.6 Å². The maximum Gasteiger partial charge on any atom is 0.232 e. The number of carbonyl (C=O) groups excluding carboxylic acids is 1. The predicted octanol–water partition coefficient (Wildman–Crippen LogP) is 3.93. The molecule has 4 heteroatoms. The van der Waals surface area contributed by atoms with Crippen molar-refractivity contribution in [2.45, 2.75) is 52.1 Å². The van der Waals surface area contributed by atoms with Crippen LogP contribution in [0.1, 0.15) is 61.8 Å². The molecule has 0 bridgehead atoms. The van der Waals surface area contributed by atoms with Crippen LogP contribution in [0, 0.1) is 6.92 Å². The summed E-state index contributed by atoms with van der Waals surface area (Å²) >= 11 is 6.33. The molecule has 1 aromatic carbocycles. The molecule has 0 radical (unpaired) electrons. The van der Waals surface area contributed by atoms with Gasteiger partial charge in [0.05, 0.1) is 17.0 Å². The molecule has 2 atom stereocenters. The van der Waals surface area contributed by atoms with E-state index >= 15 is 0 Å². The molecular weight excluding hydrogens is 262 g/mol. The van der Waals surface area contributed by atoms with Crippen LogP contribution in [-0.2, 0) is 4.79 Å². The predicted molar refractivity (Wildman–Crippen MR) is 77.7 cm³/mol. The van der Waals surface area contributed by atoms with Gasteiger partial charge in [-0.3, -0.25) is 4.79 Å². The van der Waals surface area contributed by atoms with E-state index in [1.807, 2.05) is 26.8 Å². The monoisotopic (exact) mass is 281 g/mol. The number of benzene rings is 1. The topological polar surface area (TPSA) is 49.3 Å². The number of hydrogen-bond donors (Lipinski definition) is 2. The number of anilines is 1. The Hall–Kier alpha value is -1.06. The lowest BCUT2D eigenvalue weighted by Crippen LogP contribution is -2.10. The van der Waals surface area contributed by atoms with Crippen molar-refractivity contribution in [2.24, 2.45) is 0 Å². The van der Waals surface area contributed by atoms with E-state index in [1.54, 1.807) is 0 Å². The molecule has 0 fully saturated rings. The fourth-order valence-corrected chi connectivity index (χ4v) is 2.99. The summed E-state index contributed by atoms with van der Waals surface area (Å²) in [6.07, 6.45) is 1.76. The van der Waals surface area contributed by atoms with E-state index in [9.17, 15) is 9.90 Å². The molecule has 3 nitrogen and oxygen atoms in total. The Bertz CT molecular complexity index is 513. The van der Waals surface area contributed by atoms with Gasteiger partial charge in [-0.05, 0) is 42.5 Å². The fourth-order valence-electron chi connectivity index (χ4n) is 2.71. The van der Waals surface area contributed by atoms with Crippen molar-refractivity contribution in [3.8, 4) is 0 Å². The van der Waals surface area contributed by atoms with Gasteiger partial charge in [0.2, 0.25) is 5.91 Å². The molecule has 0 aliphatic carbocycles. The molecule has 0 saturated heterocycles. The summed E-state index contributed by atoms with van der Waals surface area (Å²) < 4.78 is 0. The lowest BCUT2D eigenvalue weighted by atomic mass is 9.92. The van der Waals surface area contributed by atoms with E-state index in [0.717, 1.165) is 35.2 Å². The molecule has 0 spiro atoms. The lowest BCUT2D eigenvalue weighted by Gasteiger charge is -2.17. The third kappa shape index (κ3) is 2.37. The molecule has 2 rings (SSSR count). The zero-order valence-corrected chi connectivity index (χ0v) is 12.3. The highest BCUT2D eigenvalue weighted by Gasteiger charge is 2.32. The summed E-state index contributed by atoms with van der Waals surface area (Å²) in [7, 11) is 0. The summed E-state index contributed by atoms with van der Waals surface area (Å²) in [5.74, 6) is -0.0997. The second-order valence-corrected chi connectivity index (χ2v) is 5.50. The van der Waals surface area contributed by atoms with Crippen LogP contribution in [0.3, 0.4) is 0 Å². The summed E-state index contributed by atoms with van der Waals surface area (Å²) in [4.78, 5) is 11.9. The smallest absolute Gasteiger partial charge is 0.232 e. The van der Waals surface area contributed by atoms with Crippen LogP contribution in [0.5, 0.6) is 0 Å². The van der Waals surface area contributed by atoms with Crippen molar-refractivity contribution in [3.05, 3.63) is 27.8 Å². The standard InChI is InChI=1S/C15H20ClNO2/c1-4-6-12(18)11-7-10-9(5-2)15(19)17-14(10)8(3)13(11)16/h7,9,12,18H,4-6H2,1-3H3,(H,17,19). The van der Waals surface area contributed by atoms with Gasteiger partial charge in [-0.2, -0.15) is 0 Å². The zero-order valence-electron chi connectivity index (χ0n) is 11.6. The first-order chi connectivity index (χ1) is 9.01. The van der Waals surface area contributed by atoms with Gasteiger partial charge in [0.15, 0.2) is 0 Å². The third-order valence-electron chi connectivity index (χ3n) is 3.83. The van der Waals surface area contributed by atoms with Crippen LogP contribution < -0.4 is 5.32 Å². The van der Waals surface area contributed by atoms with Crippen molar-refractivity contribution >= 4 is 23.2 Å². The molecule has 104 valence electrons.